The average molecular weight is 306 g/mol. The van der Waals surface area contributed by atoms with Gasteiger partial charge in [0.25, 0.3) is 0 Å². The lowest BCUT2D eigenvalue weighted by Crippen LogP contribution is -2.44. The van der Waals surface area contributed by atoms with E-state index in [9.17, 15) is 8.42 Å². The van der Waals surface area contributed by atoms with Crippen LogP contribution in [0.15, 0.2) is 0 Å². The summed E-state index contributed by atoms with van der Waals surface area (Å²) in [7, 11) is -2.86. The van der Waals surface area contributed by atoms with Gasteiger partial charge in [0, 0.05) is 23.6 Å². The van der Waals surface area contributed by atoms with E-state index >= 15 is 0 Å². The fraction of sp³-hybridized carbons (Fsp3) is 1.00. The highest BCUT2D eigenvalue weighted by Crippen LogP contribution is 2.40. The summed E-state index contributed by atoms with van der Waals surface area (Å²) in [5.41, 5.74) is 0. The van der Waals surface area contributed by atoms with Crippen molar-refractivity contribution in [2.24, 2.45) is 0 Å². The Balaban J connectivity index is 1.86. The maximum atomic E-state index is 11.7. The maximum Gasteiger partial charge on any atom is 0.150 e. The Labute approximate surface area is 122 Å². The molecule has 1 N–H and O–H groups in total. The molecule has 2 fully saturated rings. The molecular formula is C14H27NO2S2. The van der Waals surface area contributed by atoms with Gasteiger partial charge in [-0.1, -0.05) is 19.3 Å². The molecule has 0 heterocycles. The standard InChI is InChI=1S/C14H27NO2S2/c1-18-14(8-3-4-9-14)11-15-12-6-5-7-13(10-12)19(2,16)17/h12-13,15H,3-11H2,1-2H3. The van der Waals surface area contributed by atoms with E-state index < -0.39 is 9.84 Å². The van der Waals surface area contributed by atoms with E-state index in [-0.39, 0.29) is 5.25 Å². The van der Waals surface area contributed by atoms with E-state index in [4.69, 9.17) is 0 Å². The molecule has 0 aromatic rings. The predicted molar refractivity (Wildman–Crippen MR) is 83.6 cm³/mol. The van der Waals surface area contributed by atoms with Crippen LogP contribution in [0.1, 0.15) is 51.4 Å². The van der Waals surface area contributed by atoms with Crippen LogP contribution in [-0.4, -0.2) is 43.5 Å². The fourth-order valence-electron chi connectivity index (χ4n) is 3.52. The monoisotopic (exact) mass is 305 g/mol. The molecule has 3 nitrogen and oxygen atoms in total. The molecule has 0 radical (unpaired) electrons. The lowest BCUT2D eigenvalue weighted by molar-refractivity contribution is 0.357. The van der Waals surface area contributed by atoms with Crippen molar-refractivity contribution in [3.63, 3.8) is 0 Å². The molecule has 2 saturated carbocycles. The second-order valence-corrected chi connectivity index (χ2v) is 9.89. The van der Waals surface area contributed by atoms with E-state index in [0.29, 0.717) is 10.8 Å². The normalized spacial score (nSPS) is 31.5. The van der Waals surface area contributed by atoms with Crippen LogP contribution >= 0.6 is 11.8 Å². The van der Waals surface area contributed by atoms with Crippen molar-refractivity contribution in [2.45, 2.75) is 67.4 Å². The van der Waals surface area contributed by atoms with E-state index in [1.165, 1.54) is 31.9 Å². The zero-order valence-electron chi connectivity index (χ0n) is 12.2. The third kappa shape index (κ3) is 4.11. The first-order valence-electron chi connectivity index (χ1n) is 7.43. The van der Waals surface area contributed by atoms with Crippen molar-refractivity contribution in [1.29, 1.82) is 0 Å². The second-order valence-electron chi connectivity index (χ2n) is 6.29. The molecular weight excluding hydrogens is 278 g/mol. The molecule has 19 heavy (non-hydrogen) atoms. The summed E-state index contributed by atoms with van der Waals surface area (Å²) in [6.07, 6.45) is 12.8. The van der Waals surface area contributed by atoms with Gasteiger partial charge in [0.15, 0.2) is 0 Å². The maximum absolute atomic E-state index is 11.7. The predicted octanol–water partition coefficient (Wildman–Crippen LogP) is 2.61. The van der Waals surface area contributed by atoms with Crippen molar-refractivity contribution in [3.8, 4) is 0 Å². The number of nitrogens with one attached hydrogen (secondary N) is 1. The SMILES string of the molecule is CSC1(CNC2CCCC(S(C)(=O)=O)C2)CCCC1. The van der Waals surface area contributed by atoms with Crippen LogP contribution in [0.4, 0.5) is 0 Å². The molecule has 2 unspecified atom stereocenters. The first-order chi connectivity index (χ1) is 8.95. The number of hydrogen-bond acceptors (Lipinski definition) is 4. The third-order valence-corrected chi connectivity index (χ3v) is 7.95. The van der Waals surface area contributed by atoms with Crippen molar-refractivity contribution in [3.05, 3.63) is 0 Å². The Bertz CT molecular complexity index is 388. The first-order valence-corrected chi connectivity index (χ1v) is 10.6. The van der Waals surface area contributed by atoms with Crippen molar-refractivity contribution in [1.82, 2.24) is 5.32 Å². The topological polar surface area (TPSA) is 46.2 Å². The molecule has 2 aliphatic rings. The summed E-state index contributed by atoms with van der Waals surface area (Å²) < 4.78 is 23.8. The number of hydrogen-bond donors (Lipinski definition) is 1. The summed E-state index contributed by atoms with van der Waals surface area (Å²) in [5.74, 6) is 0. The van der Waals surface area contributed by atoms with Crippen LogP contribution in [0.5, 0.6) is 0 Å². The van der Waals surface area contributed by atoms with E-state index in [2.05, 4.69) is 11.6 Å². The lowest BCUT2D eigenvalue weighted by atomic mass is 9.94. The first kappa shape index (κ1) is 15.6. The quantitative estimate of drug-likeness (QED) is 0.848. The number of rotatable bonds is 5. The third-order valence-electron chi connectivity index (χ3n) is 4.89. The molecule has 5 heteroatoms. The van der Waals surface area contributed by atoms with Gasteiger partial charge >= 0.3 is 0 Å². The second kappa shape index (κ2) is 6.35. The Kier molecular flexibility index (Phi) is 5.23. The van der Waals surface area contributed by atoms with E-state index in [0.717, 1.165) is 32.2 Å². The highest BCUT2D eigenvalue weighted by atomic mass is 32.2. The van der Waals surface area contributed by atoms with Crippen LogP contribution in [0.3, 0.4) is 0 Å². The summed E-state index contributed by atoms with van der Waals surface area (Å²) in [6.45, 7) is 1.05. The molecule has 0 saturated heterocycles. The molecule has 0 aliphatic heterocycles. The van der Waals surface area contributed by atoms with Gasteiger partial charge in [-0.3, -0.25) is 0 Å². The smallest absolute Gasteiger partial charge is 0.150 e. The Morgan fingerprint density at radius 1 is 1.21 bits per heavy atom. The number of sulfone groups is 1. The Hall–Kier alpha value is 0.260. The Morgan fingerprint density at radius 2 is 1.89 bits per heavy atom. The van der Waals surface area contributed by atoms with Gasteiger partial charge in [-0.2, -0.15) is 11.8 Å². The largest absolute Gasteiger partial charge is 0.313 e. The van der Waals surface area contributed by atoms with Crippen LogP contribution in [-0.2, 0) is 9.84 Å². The zero-order valence-corrected chi connectivity index (χ0v) is 13.8. The summed E-state index contributed by atoms with van der Waals surface area (Å²) >= 11 is 1.99. The highest BCUT2D eigenvalue weighted by molar-refractivity contribution is 8.00. The molecule has 2 atom stereocenters. The van der Waals surface area contributed by atoms with Crippen LogP contribution in [0, 0.1) is 0 Å². The molecule has 0 amide bonds. The molecule has 2 rings (SSSR count). The van der Waals surface area contributed by atoms with Crippen LogP contribution in [0.25, 0.3) is 0 Å². The van der Waals surface area contributed by atoms with Gasteiger partial charge in [-0.05, 0) is 38.4 Å². The summed E-state index contributed by atoms with van der Waals surface area (Å²) in [6, 6.07) is 0.401. The van der Waals surface area contributed by atoms with Gasteiger partial charge in [0.2, 0.25) is 0 Å². The van der Waals surface area contributed by atoms with Gasteiger partial charge in [0.1, 0.15) is 9.84 Å². The van der Waals surface area contributed by atoms with Gasteiger partial charge in [0.05, 0.1) is 5.25 Å². The highest BCUT2D eigenvalue weighted by Gasteiger charge is 2.35. The molecule has 112 valence electrons. The van der Waals surface area contributed by atoms with Crippen molar-refractivity contribution < 1.29 is 8.42 Å². The molecule has 0 aromatic carbocycles. The van der Waals surface area contributed by atoms with Crippen LogP contribution in [0.2, 0.25) is 0 Å². The van der Waals surface area contributed by atoms with E-state index in [1.807, 2.05) is 11.8 Å². The van der Waals surface area contributed by atoms with Crippen molar-refractivity contribution >= 4 is 21.6 Å². The zero-order chi connectivity index (χ0) is 13.9. The average Bonchev–Trinajstić information content (AvgIpc) is 2.85. The lowest BCUT2D eigenvalue weighted by Gasteiger charge is -2.33. The summed E-state index contributed by atoms with van der Waals surface area (Å²) in [5, 5.41) is 3.55. The molecule has 0 bridgehead atoms. The minimum Gasteiger partial charge on any atom is -0.313 e. The fourth-order valence-corrected chi connectivity index (χ4v) is 5.62. The molecule has 0 aromatic heterocycles. The Morgan fingerprint density at radius 3 is 2.47 bits per heavy atom. The molecule has 0 spiro atoms. The van der Waals surface area contributed by atoms with Crippen LogP contribution < -0.4 is 5.32 Å². The van der Waals surface area contributed by atoms with Gasteiger partial charge in [-0.15, -0.1) is 0 Å². The number of thioether (sulfide) groups is 1. The van der Waals surface area contributed by atoms with E-state index in [1.54, 1.807) is 0 Å². The summed E-state index contributed by atoms with van der Waals surface area (Å²) in [4.78, 5) is 0. The minimum atomic E-state index is -2.86. The molecule has 2 aliphatic carbocycles. The van der Waals surface area contributed by atoms with Gasteiger partial charge in [-0.25, -0.2) is 8.42 Å². The van der Waals surface area contributed by atoms with Crippen molar-refractivity contribution in [2.75, 3.05) is 19.1 Å². The minimum absolute atomic E-state index is 0.118. The van der Waals surface area contributed by atoms with Gasteiger partial charge < -0.3 is 5.32 Å².